The minimum absolute atomic E-state index is 0.0507. The monoisotopic (exact) mass is 433 g/mol. The van der Waals surface area contributed by atoms with Crippen molar-refractivity contribution in [1.29, 1.82) is 0 Å². The number of benzene rings is 1. The fraction of sp³-hybridized carbons (Fsp3) is 0.375. The van der Waals surface area contributed by atoms with Crippen molar-refractivity contribution in [3.8, 4) is 0 Å². The molecule has 1 amide bonds. The van der Waals surface area contributed by atoms with Crippen molar-refractivity contribution in [3.63, 3.8) is 0 Å². The number of nitrogens with one attached hydrogen (secondary N) is 3. The normalized spacial score (nSPS) is 20.2. The number of anilines is 1. The van der Waals surface area contributed by atoms with Gasteiger partial charge in [-0.15, -0.1) is 0 Å². The van der Waals surface area contributed by atoms with Gasteiger partial charge in [-0.05, 0) is 12.1 Å². The highest BCUT2D eigenvalue weighted by Gasteiger charge is 2.57. The molecule has 0 bridgehead atoms. The van der Waals surface area contributed by atoms with Crippen LogP contribution in [0.4, 0.5) is 18.9 Å². The van der Waals surface area contributed by atoms with Crippen LogP contribution in [0.25, 0.3) is 0 Å². The molecule has 0 saturated heterocycles. The van der Waals surface area contributed by atoms with Gasteiger partial charge in [0.25, 0.3) is 5.91 Å². The third-order valence-electron chi connectivity index (χ3n) is 4.46. The molecule has 0 fully saturated rings. The first-order chi connectivity index (χ1) is 13.5. The topological polar surface area (TPSA) is 125 Å². The molecule has 29 heavy (non-hydrogen) atoms. The maximum atomic E-state index is 13.5. The highest BCUT2D eigenvalue weighted by molar-refractivity contribution is 7.89. The van der Waals surface area contributed by atoms with Gasteiger partial charge in [-0.3, -0.25) is 4.79 Å². The summed E-state index contributed by atoms with van der Waals surface area (Å²) in [4.78, 5) is 15.8. The van der Waals surface area contributed by atoms with Gasteiger partial charge in [-0.25, -0.2) is 13.4 Å². The Bertz CT molecular complexity index is 1020. The van der Waals surface area contributed by atoms with Gasteiger partial charge in [0.15, 0.2) is 6.17 Å². The third-order valence-corrected chi connectivity index (χ3v) is 5.94. The van der Waals surface area contributed by atoms with Crippen molar-refractivity contribution >= 4 is 21.6 Å². The van der Waals surface area contributed by atoms with Crippen molar-refractivity contribution < 1.29 is 31.5 Å². The van der Waals surface area contributed by atoms with E-state index in [2.05, 4.69) is 20.3 Å². The Morgan fingerprint density at radius 3 is 2.66 bits per heavy atom. The second kappa shape index (κ2) is 7.31. The molecule has 158 valence electrons. The number of amides is 1. The van der Waals surface area contributed by atoms with Crippen LogP contribution in [0.3, 0.4) is 0 Å². The number of carbonyl (C=O) groups excluding carboxylic acids is 1. The number of halogens is 3. The number of hydrogen-bond acceptors (Lipinski definition) is 6. The average Bonchev–Trinajstić information content (AvgIpc) is 3.06. The van der Waals surface area contributed by atoms with E-state index in [1.165, 1.54) is 31.4 Å². The number of aliphatic hydroxyl groups is 1. The van der Waals surface area contributed by atoms with Crippen molar-refractivity contribution in [2.45, 2.75) is 29.3 Å². The van der Waals surface area contributed by atoms with Gasteiger partial charge < -0.3 is 20.3 Å². The third kappa shape index (κ3) is 3.93. The Morgan fingerprint density at radius 1 is 1.34 bits per heavy atom. The Balaban J connectivity index is 1.70. The van der Waals surface area contributed by atoms with Crippen LogP contribution in [0.1, 0.15) is 12.2 Å². The first-order valence-corrected chi connectivity index (χ1v) is 9.86. The van der Waals surface area contributed by atoms with Gasteiger partial charge in [0.2, 0.25) is 15.6 Å². The molecule has 2 heterocycles. The average molecular weight is 433 g/mol. The summed E-state index contributed by atoms with van der Waals surface area (Å²) in [6.07, 6.45) is -5.00. The number of alkyl halides is 3. The lowest BCUT2D eigenvalue weighted by Gasteiger charge is -2.31. The zero-order valence-corrected chi connectivity index (χ0v) is 15.9. The Labute approximate surface area is 164 Å². The van der Waals surface area contributed by atoms with Crippen LogP contribution < -0.4 is 15.4 Å². The Kier molecular flexibility index (Phi) is 5.32. The summed E-state index contributed by atoms with van der Waals surface area (Å²) in [5.74, 6) is -1.52. The van der Waals surface area contributed by atoms with E-state index in [0.29, 0.717) is 0 Å². The summed E-state index contributed by atoms with van der Waals surface area (Å²) >= 11 is 0. The first-order valence-electron chi connectivity index (χ1n) is 8.38. The van der Waals surface area contributed by atoms with Gasteiger partial charge in [-0.2, -0.15) is 17.9 Å². The standard InChI is InChI=1S/C16H18F3N5O4S/c1-24-9-8-21-14(24)15(26,16(17,18)19)6-7-20-13(25)12-22-10-4-2-3-5-11(10)29(27,28)23-12/h2-5,8-9,12,22-23,26H,6-7H2,1H3,(H,20,25). The number of hydrogen-bond donors (Lipinski definition) is 4. The number of aromatic nitrogens is 2. The fourth-order valence-corrected chi connectivity index (χ4v) is 4.23. The zero-order chi connectivity index (χ0) is 21.4. The van der Waals surface area contributed by atoms with Crippen LogP contribution >= 0.6 is 0 Å². The molecule has 2 aromatic rings. The number of rotatable bonds is 5. The molecule has 1 aromatic carbocycles. The lowest BCUT2D eigenvalue weighted by Crippen LogP contribution is -2.54. The van der Waals surface area contributed by atoms with Crippen molar-refractivity contribution in [2.75, 3.05) is 11.9 Å². The van der Waals surface area contributed by atoms with Gasteiger partial charge in [0.05, 0.1) is 5.69 Å². The number of para-hydroxylation sites is 1. The molecule has 0 spiro atoms. The molecule has 0 radical (unpaired) electrons. The Hall–Kier alpha value is -2.64. The predicted molar refractivity (Wildman–Crippen MR) is 95.0 cm³/mol. The summed E-state index contributed by atoms with van der Waals surface area (Å²) in [5.41, 5.74) is -3.10. The van der Waals surface area contributed by atoms with Crippen molar-refractivity contribution in [1.82, 2.24) is 19.6 Å². The van der Waals surface area contributed by atoms with E-state index in [1.807, 2.05) is 0 Å². The predicted octanol–water partition coefficient (Wildman–Crippen LogP) is 0.406. The highest BCUT2D eigenvalue weighted by Crippen LogP contribution is 2.40. The van der Waals surface area contributed by atoms with Crippen LogP contribution in [0, 0.1) is 0 Å². The Morgan fingerprint density at radius 2 is 2.03 bits per heavy atom. The quantitative estimate of drug-likeness (QED) is 0.541. The maximum Gasteiger partial charge on any atom is 0.424 e. The second-order valence-electron chi connectivity index (χ2n) is 6.46. The SMILES string of the molecule is Cn1ccnc1C(O)(CCNC(=O)C1Nc2ccccc2S(=O)(=O)N1)C(F)(F)F. The van der Waals surface area contributed by atoms with Crippen LogP contribution in [0.15, 0.2) is 41.6 Å². The molecule has 9 nitrogen and oxygen atoms in total. The molecule has 1 aromatic heterocycles. The van der Waals surface area contributed by atoms with E-state index in [0.717, 1.165) is 10.8 Å². The van der Waals surface area contributed by atoms with E-state index in [9.17, 15) is 31.5 Å². The molecule has 2 atom stereocenters. The van der Waals surface area contributed by atoms with E-state index in [1.54, 1.807) is 6.07 Å². The molecular weight excluding hydrogens is 415 g/mol. The number of aryl methyl sites for hydroxylation is 1. The molecule has 13 heteroatoms. The van der Waals surface area contributed by atoms with E-state index in [-0.39, 0.29) is 10.6 Å². The smallest absolute Gasteiger partial charge is 0.374 e. The summed E-state index contributed by atoms with van der Waals surface area (Å²) in [6.45, 7) is -0.580. The minimum Gasteiger partial charge on any atom is -0.374 e. The molecule has 4 N–H and O–H groups in total. The molecule has 0 saturated carbocycles. The summed E-state index contributed by atoms with van der Waals surface area (Å²) < 4.78 is 68.0. The fourth-order valence-electron chi connectivity index (χ4n) is 2.96. The lowest BCUT2D eigenvalue weighted by atomic mass is 9.97. The van der Waals surface area contributed by atoms with Crippen LogP contribution in [0.5, 0.6) is 0 Å². The minimum atomic E-state index is -5.04. The van der Waals surface area contributed by atoms with Gasteiger partial charge >= 0.3 is 6.18 Å². The molecule has 3 rings (SSSR count). The van der Waals surface area contributed by atoms with Crippen LogP contribution in [-0.2, 0) is 27.5 Å². The number of fused-ring (bicyclic) bond motifs is 1. The highest BCUT2D eigenvalue weighted by atomic mass is 32.2. The zero-order valence-electron chi connectivity index (χ0n) is 15.1. The van der Waals surface area contributed by atoms with Gasteiger partial charge in [0, 0.05) is 32.4 Å². The second-order valence-corrected chi connectivity index (χ2v) is 8.14. The summed E-state index contributed by atoms with van der Waals surface area (Å²) in [6, 6.07) is 5.88. The summed E-state index contributed by atoms with van der Waals surface area (Å²) in [5, 5.41) is 15.1. The first kappa shape index (κ1) is 21.1. The summed E-state index contributed by atoms with van der Waals surface area (Å²) in [7, 11) is -2.67. The number of sulfonamides is 1. The lowest BCUT2D eigenvalue weighted by molar-refractivity contribution is -0.272. The molecule has 1 aliphatic heterocycles. The molecule has 0 aliphatic carbocycles. The maximum absolute atomic E-state index is 13.5. The van der Waals surface area contributed by atoms with Crippen molar-refractivity contribution in [2.24, 2.45) is 7.05 Å². The number of carbonyl (C=O) groups is 1. The van der Waals surface area contributed by atoms with E-state index in [4.69, 9.17) is 0 Å². The van der Waals surface area contributed by atoms with Gasteiger partial charge in [-0.1, -0.05) is 12.1 Å². The van der Waals surface area contributed by atoms with Gasteiger partial charge in [0.1, 0.15) is 10.7 Å². The van der Waals surface area contributed by atoms with E-state index < -0.39 is 52.7 Å². The molecule has 2 unspecified atom stereocenters. The van der Waals surface area contributed by atoms with Crippen molar-refractivity contribution in [3.05, 3.63) is 42.5 Å². The van der Waals surface area contributed by atoms with Crippen LogP contribution in [0.2, 0.25) is 0 Å². The molecular formula is C16H18F3N5O4S. The van der Waals surface area contributed by atoms with E-state index >= 15 is 0 Å². The van der Waals surface area contributed by atoms with Crippen LogP contribution in [-0.4, -0.2) is 47.9 Å². The number of nitrogens with zero attached hydrogens (tertiary/aromatic N) is 2. The molecule has 1 aliphatic rings. The largest absolute Gasteiger partial charge is 0.424 e. The number of imidazole rings is 1.